The van der Waals surface area contributed by atoms with E-state index in [-0.39, 0.29) is 0 Å². The number of benzene rings is 1. The van der Waals surface area contributed by atoms with Gasteiger partial charge in [0.15, 0.2) is 5.82 Å². The maximum Gasteiger partial charge on any atom is 0.164 e. The number of rotatable bonds is 6. The monoisotopic (exact) mass is 261 g/mol. The van der Waals surface area contributed by atoms with E-state index in [1.165, 1.54) is 6.33 Å². The number of nitrogens with zero attached hydrogens (tertiary/aromatic N) is 3. The molecule has 0 unspecified atom stereocenters. The normalized spacial score (nSPS) is 12.4. The van der Waals surface area contributed by atoms with E-state index in [1.807, 2.05) is 38.1 Å². The molecule has 102 valence electrons. The zero-order valence-corrected chi connectivity index (χ0v) is 11.3. The van der Waals surface area contributed by atoms with Crippen molar-refractivity contribution in [2.45, 2.75) is 39.5 Å². The van der Waals surface area contributed by atoms with Gasteiger partial charge < -0.3 is 9.84 Å². The number of hydrogen-bond donors (Lipinski definition) is 1. The van der Waals surface area contributed by atoms with Crippen LogP contribution in [0.2, 0.25) is 0 Å². The van der Waals surface area contributed by atoms with Gasteiger partial charge in [-0.05, 0) is 31.0 Å². The van der Waals surface area contributed by atoms with Crippen molar-refractivity contribution in [1.82, 2.24) is 14.8 Å². The molecule has 0 fully saturated rings. The van der Waals surface area contributed by atoms with E-state index in [2.05, 4.69) is 10.1 Å². The van der Waals surface area contributed by atoms with Gasteiger partial charge in [0.05, 0.1) is 6.10 Å². The van der Waals surface area contributed by atoms with Gasteiger partial charge >= 0.3 is 0 Å². The van der Waals surface area contributed by atoms with E-state index in [4.69, 9.17) is 4.74 Å². The predicted octanol–water partition coefficient (Wildman–Crippen LogP) is 2.32. The highest BCUT2D eigenvalue weighted by molar-refractivity contribution is 5.28. The topological polar surface area (TPSA) is 60.2 Å². The summed E-state index contributed by atoms with van der Waals surface area (Å²) in [6, 6.07) is 7.49. The lowest BCUT2D eigenvalue weighted by Crippen LogP contribution is -2.07. The number of aliphatic hydroxyl groups is 1. The Balaban J connectivity index is 1.96. The van der Waals surface area contributed by atoms with E-state index in [1.54, 1.807) is 4.68 Å². The summed E-state index contributed by atoms with van der Waals surface area (Å²) in [6.07, 6.45) is 1.83. The molecule has 0 aliphatic heterocycles. The molecule has 1 heterocycles. The van der Waals surface area contributed by atoms with Crippen LogP contribution in [0.1, 0.15) is 37.8 Å². The lowest BCUT2D eigenvalue weighted by molar-refractivity contribution is 0.173. The third-order valence-electron chi connectivity index (χ3n) is 3.01. The third kappa shape index (κ3) is 3.32. The first-order valence-electron chi connectivity index (χ1n) is 6.52. The molecule has 1 aromatic heterocycles. The number of hydrogen-bond acceptors (Lipinski definition) is 4. The Bertz CT molecular complexity index is 508. The molecule has 1 aromatic carbocycles. The van der Waals surface area contributed by atoms with Crippen molar-refractivity contribution in [3.05, 3.63) is 42.0 Å². The molecule has 1 N–H and O–H groups in total. The average Bonchev–Trinajstić information content (AvgIpc) is 2.92. The largest absolute Gasteiger partial charge is 0.486 e. The highest BCUT2D eigenvalue weighted by Gasteiger charge is 2.06. The molecule has 0 saturated heterocycles. The SMILES string of the molecule is CC[C@H](O)c1ccc(OCc2ncnn2CC)cc1. The van der Waals surface area contributed by atoms with E-state index in [0.717, 1.165) is 23.7 Å². The Labute approximate surface area is 112 Å². The summed E-state index contributed by atoms with van der Waals surface area (Å²) in [5.74, 6) is 1.57. The lowest BCUT2D eigenvalue weighted by Gasteiger charge is -2.10. The van der Waals surface area contributed by atoms with Crippen molar-refractivity contribution >= 4 is 0 Å². The summed E-state index contributed by atoms with van der Waals surface area (Å²) in [7, 11) is 0. The Morgan fingerprint density at radius 2 is 2.00 bits per heavy atom. The second kappa shape index (κ2) is 6.33. The van der Waals surface area contributed by atoms with E-state index in [0.29, 0.717) is 13.0 Å². The summed E-state index contributed by atoms with van der Waals surface area (Å²) in [5, 5.41) is 13.8. The molecule has 0 aliphatic carbocycles. The van der Waals surface area contributed by atoms with Gasteiger partial charge in [0.2, 0.25) is 0 Å². The van der Waals surface area contributed by atoms with Crippen LogP contribution in [-0.4, -0.2) is 19.9 Å². The van der Waals surface area contributed by atoms with Crippen LogP contribution in [0.3, 0.4) is 0 Å². The molecular formula is C14H19N3O2. The van der Waals surface area contributed by atoms with Gasteiger partial charge in [-0.15, -0.1) is 0 Å². The zero-order chi connectivity index (χ0) is 13.7. The van der Waals surface area contributed by atoms with Crippen LogP contribution < -0.4 is 4.74 Å². The van der Waals surface area contributed by atoms with Gasteiger partial charge in [0.1, 0.15) is 18.7 Å². The fourth-order valence-electron chi connectivity index (χ4n) is 1.83. The molecule has 0 radical (unpaired) electrons. The van der Waals surface area contributed by atoms with Crippen LogP contribution >= 0.6 is 0 Å². The second-order valence-electron chi connectivity index (χ2n) is 4.27. The average molecular weight is 261 g/mol. The molecule has 0 spiro atoms. The van der Waals surface area contributed by atoms with Gasteiger partial charge in [0, 0.05) is 6.54 Å². The fourth-order valence-corrected chi connectivity index (χ4v) is 1.83. The third-order valence-corrected chi connectivity index (χ3v) is 3.01. The first kappa shape index (κ1) is 13.5. The molecule has 5 heteroatoms. The highest BCUT2D eigenvalue weighted by atomic mass is 16.5. The number of aromatic nitrogens is 3. The van der Waals surface area contributed by atoms with Crippen LogP contribution in [0.15, 0.2) is 30.6 Å². The van der Waals surface area contributed by atoms with E-state index >= 15 is 0 Å². The summed E-state index contributed by atoms with van der Waals surface area (Å²) in [6.45, 7) is 5.13. The molecule has 19 heavy (non-hydrogen) atoms. The van der Waals surface area contributed by atoms with Crippen LogP contribution in [0.5, 0.6) is 5.75 Å². The highest BCUT2D eigenvalue weighted by Crippen LogP contribution is 2.20. The van der Waals surface area contributed by atoms with Crippen molar-refractivity contribution in [3.63, 3.8) is 0 Å². The Morgan fingerprint density at radius 3 is 2.63 bits per heavy atom. The maximum absolute atomic E-state index is 9.71. The molecule has 1 atom stereocenters. The summed E-state index contributed by atoms with van der Waals surface area (Å²) < 4.78 is 7.46. The smallest absolute Gasteiger partial charge is 0.164 e. The first-order chi connectivity index (χ1) is 9.24. The second-order valence-corrected chi connectivity index (χ2v) is 4.27. The maximum atomic E-state index is 9.71. The Morgan fingerprint density at radius 1 is 1.26 bits per heavy atom. The van der Waals surface area contributed by atoms with Gasteiger partial charge in [-0.1, -0.05) is 19.1 Å². The van der Waals surface area contributed by atoms with Crippen molar-refractivity contribution in [2.75, 3.05) is 0 Å². The molecule has 0 aliphatic rings. The van der Waals surface area contributed by atoms with Crippen LogP contribution in [0, 0.1) is 0 Å². The van der Waals surface area contributed by atoms with E-state index < -0.39 is 6.10 Å². The van der Waals surface area contributed by atoms with Gasteiger partial charge in [-0.3, -0.25) is 0 Å². The molecule has 2 rings (SSSR count). The zero-order valence-electron chi connectivity index (χ0n) is 11.3. The van der Waals surface area contributed by atoms with Crippen molar-refractivity contribution in [1.29, 1.82) is 0 Å². The number of aryl methyl sites for hydroxylation is 1. The molecular weight excluding hydrogens is 242 g/mol. The molecule has 0 amide bonds. The van der Waals surface area contributed by atoms with Crippen LogP contribution in [0.4, 0.5) is 0 Å². The van der Waals surface area contributed by atoms with Crippen LogP contribution in [-0.2, 0) is 13.2 Å². The first-order valence-corrected chi connectivity index (χ1v) is 6.52. The van der Waals surface area contributed by atoms with Gasteiger partial charge in [0.25, 0.3) is 0 Å². The van der Waals surface area contributed by atoms with Crippen LogP contribution in [0.25, 0.3) is 0 Å². The number of aliphatic hydroxyl groups excluding tert-OH is 1. The summed E-state index contributed by atoms with van der Waals surface area (Å²) >= 11 is 0. The Hall–Kier alpha value is -1.88. The van der Waals surface area contributed by atoms with Crippen molar-refractivity contribution in [2.24, 2.45) is 0 Å². The standard InChI is InChI=1S/C14H19N3O2/c1-3-13(18)11-5-7-12(8-6-11)19-9-14-15-10-16-17(14)4-2/h5-8,10,13,18H,3-4,9H2,1-2H3/t13-/m0/s1. The minimum absolute atomic E-state index is 0.392. The molecule has 5 nitrogen and oxygen atoms in total. The Kier molecular flexibility index (Phi) is 4.52. The number of ether oxygens (including phenoxy) is 1. The van der Waals surface area contributed by atoms with Gasteiger partial charge in [-0.25, -0.2) is 9.67 Å². The predicted molar refractivity (Wildman–Crippen MR) is 71.7 cm³/mol. The van der Waals surface area contributed by atoms with Gasteiger partial charge in [-0.2, -0.15) is 5.10 Å². The fraction of sp³-hybridized carbons (Fsp3) is 0.429. The molecule has 0 bridgehead atoms. The summed E-state index contributed by atoms with van der Waals surface area (Å²) in [4.78, 5) is 4.15. The lowest BCUT2D eigenvalue weighted by atomic mass is 10.1. The minimum Gasteiger partial charge on any atom is -0.486 e. The quantitative estimate of drug-likeness (QED) is 0.867. The van der Waals surface area contributed by atoms with E-state index in [9.17, 15) is 5.11 Å². The molecule has 2 aromatic rings. The summed E-state index contributed by atoms with van der Waals surface area (Å²) in [5.41, 5.74) is 0.909. The molecule has 0 saturated carbocycles. The van der Waals surface area contributed by atoms with Crippen molar-refractivity contribution < 1.29 is 9.84 Å². The minimum atomic E-state index is -0.405. The van der Waals surface area contributed by atoms with Crippen molar-refractivity contribution in [3.8, 4) is 5.75 Å².